The van der Waals surface area contributed by atoms with Crippen molar-refractivity contribution >= 4 is 17.6 Å². The van der Waals surface area contributed by atoms with Crippen LogP contribution >= 0.6 is 0 Å². The van der Waals surface area contributed by atoms with Crippen LogP contribution in [-0.4, -0.2) is 45.3 Å². The lowest BCUT2D eigenvalue weighted by atomic mass is 10.1. The summed E-state index contributed by atoms with van der Waals surface area (Å²) in [4.78, 5) is 24.9. The highest BCUT2D eigenvalue weighted by molar-refractivity contribution is 5.85. The zero-order chi connectivity index (χ0) is 24.8. The van der Waals surface area contributed by atoms with Crippen LogP contribution < -0.4 is 16.4 Å². The van der Waals surface area contributed by atoms with E-state index in [1.54, 1.807) is 24.3 Å². The van der Waals surface area contributed by atoms with E-state index in [1.807, 2.05) is 42.5 Å². The molecule has 10 nitrogen and oxygen atoms in total. The van der Waals surface area contributed by atoms with Gasteiger partial charge in [0.05, 0.1) is 24.4 Å². The smallest absolute Gasteiger partial charge is 0.407 e. The van der Waals surface area contributed by atoms with Crippen molar-refractivity contribution in [1.29, 1.82) is 0 Å². The standard InChI is InChI=1S/C25H32N6O4.CH4/c1-25(2,26)23(32)28-20(16-34-14-18-7-4-3-5-8-18)22-30-29-21-10-6-9-19(31(21)22)15-35-24(33)27-13-17-11-12-17;/h3-10,17,20H,11-16,26H2,1-2H3,(H,27,33)(H,28,32);1H4/t20-;/m1./s1. The Kier molecular flexibility index (Phi) is 9.00. The second-order valence-electron chi connectivity index (χ2n) is 9.42. The highest BCUT2D eigenvalue weighted by Gasteiger charge is 2.28. The Morgan fingerprint density at radius 2 is 1.86 bits per heavy atom. The van der Waals surface area contributed by atoms with Crippen molar-refractivity contribution in [2.75, 3.05) is 13.2 Å². The molecule has 1 atom stereocenters. The molecule has 1 saturated carbocycles. The van der Waals surface area contributed by atoms with E-state index in [9.17, 15) is 9.59 Å². The predicted octanol–water partition coefficient (Wildman–Crippen LogP) is 3.11. The number of ether oxygens (including phenoxy) is 2. The summed E-state index contributed by atoms with van der Waals surface area (Å²) in [6.45, 7) is 4.43. The second kappa shape index (κ2) is 12.0. The average molecular weight is 497 g/mol. The van der Waals surface area contributed by atoms with Crippen molar-refractivity contribution < 1.29 is 19.1 Å². The number of fused-ring (bicyclic) bond motifs is 1. The van der Waals surface area contributed by atoms with Crippen molar-refractivity contribution in [1.82, 2.24) is 25.2 Å². The minimum Gasteiger partial charge on any atom is -0.443 e. The molecule has 36 heavy (non-hydrogen) atoms. The molecule has 4 N–H and O–H groups in total. The van der Waals surface area contributed by atoms with Gasteiger partial charge in [0.25, 0.3) is 0 Å². The van der Waals surface area contributed by atoms with Gasteiger partial charge in [0.2, 0.25) is 5.91 Å². The Morgan fingerprint density at radius 1 is 1.11 bits per heavy atom. The van der Waals surface area contributed by atoms with Crippen molar-refractivity contribution in [2.24, 2.45) is 11.7 Å². The van der Waals surface area contributed by atoms with Crippen LogP contribution in [0.4, 0.5) is 4.79 Å². The van der Waals surface area contributed by atoms with E-state index in [0.717, 1.165) is 18.4 Å². The molecule has 1 aromatic carbocycles. The van der Waals surface area contributed by atoms with Crippen LogP contribution in [0.3, 0.4) is 0 Å². The molecule has 0 unspecified atom stereocenters. The lowest BCUT2D eigenvalue weighted by Gasteiger charge is -2.24. The van der Waals surface area contributed by atoms with Crippen LogP contribution in [0.1, 0.15) is 57.2 Å². The van der Waals surface area contributed by atoms with Gasteiger partial charge in [-0.15, -0.1) is 10.2 Å². The fourth-order valence-electron chi connectivity index (χ4n) is 3.50. The third-order valence-electron chi connectivity index (χ3n) is 5.72. The van der Waals surface area contributed by atoms with Gasteiger partial charge in [-0.25, -0.2) is 4.79 Å². The Labute approximate surface area is 211 Å². The first-order chi connectivity index (χ1) is 16.8. The van der Waals surface area contributed by atoms with E-state index in [0.29, 0.717) is 36.2 Å². The van der Waals surface area contributed by atoms with Crippen molar-refractivity contribution in [3.63, 3.8) is 0 Å². The first-order valence-corrected chi connectivity index (χ1v) is 11.8. The topological polar surface area (TPSA) is 133 Å². The number of hydrogen-bond acceptors (Lipinski definition) is 7. The van der Waals surface area contributed by atoms with E-state index < -0.39 is 17.7 Å². The third kappa shape index (κ3) is 7.25. The highest BCUT2D eigenvalue weighted by atomic mass is 16.5. The number of nitrogens with two attached hydrogens (primary N) is 1. The molecular weight excluding hydrogens is 460 g/mol. The van der Waals surface area contributed by atoms with E-state index in [-0.39, 0.29) is 26.5 Å². The first kappa shape index (κ1) is 27.1. The van der Waals surface area contributed by atoms with Crippen LogP contribution in [0.15, 0.2) is 48.5 Å². The van der Waals surface area contributed by atoms with Crippen LogP contribution in [0, 0.1) is 5.92 Å². The average Bonchev–Trinajstić information content (AvgIpc) is 3.57. The summed E-state index contributed by atoms with van der Waals surface area (Å²) in [5, 5.41) is 14.3. The van der Waals surface area contributed by atoms with Crippen LogP contribution in [0.25, 0.3) is 5.65 Å². The second-order valence-corrected chi connectivity index (χ2v) is 9.42. The number of nitrogens with zero attached hydrogens (tertiary/aromatic N) is 3. The molecule has 0 bridgehead atoms. The van der Waals surface area contributed by atoms with Gasteiger partial charge in [-0.2, -0.15) is 0 Å². The number of carbonyl (C=O) groups is 2. The lowest BCUT2D eigenvalue weighted by molar-refractivity contribution is -0.126. The Morgan fingerprint density at radius 3 is 2.56 bits per heavy atom. The monoisotopic (exact) mass is 496 g/mol. The van der Waals surface area contributed by atoms with Gasteiger partial charge in [-0.05, 0) is 50.3 Å². The number of hydrogen-bond donors (Lipinski definition) is 3. The van der Waals surface area contributed by atoms with Crippen molar-refractivity contribution in [2.45, 2.75) is 58.9 Å². The number of carbonyl (C=O) groups excluding carboxylic acids is 2. The molecule has 0 spiro atoms. The van der Waals surface area contributed by atoms with Gasteiger partial charge in [0.1, 0.15) is 12.6 Å². The maximum absolute atomic E-state index is 12.7. The summed E-state index contributed by atoms with van der Waals surface area (Å²) < 4.78 is 13.1. The highest BCUT2D eigenvalue weighted by Crippen LogP contribution is 2.27. The Bertz CT molecular complexity index is 1150. The Hall–Kier alpha value is -3.50. The Balaban J connectivity index is 0.00000361. The molecule has 2 heterocycles. The van der Waals surface area contributed by atoms with Gasteiger partial charge in [-0.3, -0.25) is 9.20 Å². The summed E-state index contributed by atoms with van der Waals surface area (Å²) in [5.41, 5.74) is 7.16. The van der Waals surface area contributed by atoms with E-state index in [2.05, 4.69) is 20.8 Å². The van der Waals surface area contributed by atoms with E-state index in [4.69, 9.17) is 15.2 Å². The molecule has 1 fully saturated rings. The normalized spacial score (nSPS) is 14.1. The zero-order valence-corrected chi connectivity index (χ0v) is 20.1. The number of pyridine rings is 1. The fourth-order valence-corrected chi connectivity index (χ4v) is 3.50. The van der Waals surface area contributed by atoms with Crippen molar-refractivity contribution in [3.05, 3.63) is 65.6 Å². The molecular formula is C26H36N6O4. The maximum atomic E-state index is 12.7. The van der Waals surface area contributed by atoms with Crippen LogP contribution in [0.5, 0.6) is 0 Å². The van der Waals surface area contributed by atoms with E-state index in [1.165, 1.54) is 0 Å². The number of nitrogens with one attached hydrogen (secondary N) is 2. The number of aromatic nitrogens is 3. The molecule has 0 saturated heterocycles. The lowest BCUT2D eigenvalue weighted by Crippen LogP contribution is -2.51. The molecule has 1 aliphatic carbocycles. The minimum absolute atomic E-state index is 0. The first-order valence-electron chi connectivity index (χ1n) is 11.8. The number of rotatable bonds is 11. The quantitative estimate of drug-likeness (QED) is 0.371. The number of amides is 2. The maximum Gasteiger partial charge on any atom is 0.407 e. The predicted molar refractivity (Wildman–Crippen MR) is 136 cm³/mol. The zero-order valence-electron chi connectivity index (χ0n) is 20.1. The van der Waals surface area contributed by atoms with Gasteiger partial charge >= 0.3 is 6.09 Å². The molecule has 194 valence electrons. The minimum atomic E-state index is -1.09. The molecule has 0 aliphatic heterocycles. The number of alkyl carbamates (subject to hydrolysis) is 1. The van der Waals surface area contributed by atoms with Gasteiger partial charge in [0, 0.05) is 6.54 Å². The molecule has 10 heteroatoms. The molecule has 2 aromatic heterocycles. The fraction of sp³-hybridized carbons (Fsp3) is 0.462. The molecule has 3 aromatic rings. The van der Waals surface area contributed by atoms with Gasteiger partial charge in [-0.1, -0.05) is 43.8 Å². The van der Waals surface area contributed by atoms with Crippen molar-refractivity contribution in [3.8, 4) is 0 Å². The van der Waals surface area contributed by atoms with Crippen LogP contribution in [0.2, 0.25) is 0 Å². The largest absolute Gasteiger partial charge is 0.443 e. The molecule has 1 aliphatic rings. The summed E-state index contributed by atoms with van der Waals surface area (Å²) in [5.74, 6) is 0.668. The summed E-state index contributed by atoms with van der Waals surface area (Å²) in [7, 11) is 0. The third-order valence-corrected chi connectivity index (χ3v) is 5.72. The van der Waals surface area contributed by atoms with Gasteiger partial charge < -0.3 is 25.8 Å². The number of benzene rings is 1. The van der Waals surface area contributed by atoms with Crippen LogP contribution in [-0.2, 0) is 27.5 Å². The summed E-state index contributed by atoms with van der Waals surface area (Å²) in [6.07, 6.45) is 1.82. The van der Waals surface area contributed by atoms with Gasteiger partial charge in [0.15, 0.2) is 11.5 Å². The molecule has 2 amide bonds. The SMILES string of the molecule is C.CC(C)(N)C(=O)N[C@H](COCc1ccccc1)c1nnc2cccc(COC(=O)NCC3CC3)n12. The molecule has 0 radical (unpaired) electrons. The van der Waals surface area contributed by atoms with E-state index >= 15 is 0 Å². The summed E-state index contributed by atoms with van der Waals surface area (Å²) in [6, 6.07) is 14.6. The summed E-state index contributed by atoms with van der Waals surface area (Å²) >= 11 is 0. The molecule has 4 rings (SSSR count).